The maximum absolute atomic E-state index is 4.63. The van der Waals surface area contributed by atoms with Crippen molar-refractivity contribution in [2.75, 3.05) is 13.1 Å². The van der Waals surface area contributed by atoms with Gasteiger partial charge in [0.25, 0.3) is 0 Å². The number of thiazole rings is 1. The summed E-state index contributed by atoms with van der Waals surface area (Å²) in [5, 5.41) is 0. The maximum atomic E-state index is 4.63. The van der Waals surface area contributed by atoms with Crippen LogP contribution in [-0.4, -0.2) is 29.0 Å². The molecule has 0 saturated carbocycles. The minimum Gasteiger partial charge on any atom is -0.300 e. The number of hydrogen-bond donors (Lipinski definition) is 0. The molecule has 1 fully saturated rings. The van der Waals surface area contributed by atoms with E-state index in [1.165, 1.54) is 55.8 Å². The zero-order valence-electron chi connectivity index (χ0n) is 10.7. The Kier molecular flexibility index (Phi) is 5.09. The highest BCUT2D eigenvalue weighted by Crippen LogP contribution is 2.38. The Morgan fingerprint density at radius 3 is 3.06 bits per heavy atom. The summed E-state index contributed by atoms with van der Waals surface area (Å²) in [4.78, 5) is 8.89. The van der Waals surface area contributed by atoms with Crippen molar-refractivity contribution in [1.29, 1.82) is 0 Å². The van der Waals surface area contributed by atoms with E-state index in [1.807, 2.05) is 11.3 Å². The van der Waals surface area contributed by atoms with E-state index in [-0.39, 0.29) is 12.4 Å². The van der Waals surface area contributed by atoms with Gasteiger partial charge in [-0.3, -0.25) is 4.90 Å². The molecular formula is C13H20BrClN2S. The average molecular weight is 352 g/mol. The monoisotopic (exact) mass is 350 g/mol. The highest BCUT2D eigenvalue weighted by Gasteiger charge is 2.36. The van der Waals surface area contributed by atoms with Crippen LogP contribution in [0.4, 0.5) is 0 Å². The first-order chi connectivity index (χ1) is 8.28. The fraction of sp³-hybridized carbons (Fsp3) is 0.769. The van der Waals surface area contributed by atoms with Gasteiger partial charge in [-0.25, -0.2) is 4.98 Å². The van der Waals surface area contributed by atoms with E-state index in [2.05, 4.69) is 32.7 Å². The smallest absolute Gasteiger partial charge is 0.159 e. The summed E-state index contributed by atoms with van der Waals surface area (Å²) in [5.41, 5.74) is 1.38. The average Bonchev–Trinajstić information content (AvgIpc) is 2.66. The van der Waals surface area contributed by atoms with E-state index in [0.29, 0.717) is 0 Å². The first-order valence-corrected chi connectivity index (χ1v) is 8.27. The van der Waals surface area contributed by atoms with E-state index < -0.39 is 0 Å². The summed E-state index contributed by atoms with van der Waals surface area (Å²) in [5.74, 6) is 0.858. The van der Waals surface area contributed by atoms with Crippen LogP contribution in [0.5, 0.6) is 0 Å². The van der Waals surface area contributed by atoms with Gasteiger partial charge in [-0.15, -0.1) is 23.7 Å². The second-order valence-electron chi connectivity index (χ2n) is 5.25. The fourth-order valence-corrected chi connectivity index (χ4v) is 5.08. The number of nitrogens with zero attached hydrogens (tertiary/aromatic N) is 2. The highest BCUT2D eigenvalue weighted by atomic mass is 79.9. The maximum Gasteiger partial charge on any atom is 0.159 e. The lowest BCUT2D eigenvalue weighted by Gasteiger charge is -2.43. The molecule has 1 saturated heterocycles. The Morgan fingerprint density at radius 2 is 2.28 bits per heavy atom. The summed E-state index contributed by atoms with van der Waals surface area (Å²) in [6.07, 6.45) is 6.51. The predicted octanol–water partition coefficient (Wildman–Crippen LogP) is 3.92. The van der Waals surface area contributed by atoms with Gasteiger partial charge in [0.2, 0.25) is 0 Å². The highest BCUT2D eigenvalue weighted by molar-refractivity contribution is 9.11. The van der Waals surface area contributed by atoms with Crippen molar-refractivity contribution >= 4 is 39.7 Å². The summed E-state index contributed by atoms with van der Waals surface area (Å²) in [7, 11) is 0. The molecule has 0 radical (unpaired) electrons. The van der Waals surface area contributed by atoms with Gasteiger partial charge in [-0.1, -0.05) is 6.92 Å². The van der Waals surface area contributed by atoms with Crippen molar-refractivity contribution in [3.63, 3.8) is 0 Å². The Morgan fingerprint density at radius 1 is 1.44 bits per heavy atom. The molecule has 2 atom stereocenters. The van der Waals surface area contributed by atoms with E-state index in [4.69, 9.17) is 0 Å². The quantitative estimate of drug-likeness (QED) is 0.803. The third-order valence-corrected chi connectivity index (χ3v) is 5.72. The summed E-state index contributed by atoms with van der Waals surface area (Å²) >= 11 is 5.38. The molecule has 0 amide bonds. The third-order valence-electron chi connectivity index (χ3n) is 4.15. The molecule has 102 valence electrons. The van der Waals surface area contributed by atoms with Crippen molar-refractivity contribution in [3.8, 4) is 0 Å². The van der Waals surface area contributed by atoms with E-state index >= 15 is 0 Å². The van der Waals surface area contributed by atoms with Gasteiger partial charge in [0.05, 0.1) is 5.69 Å². The molecule has 1 aliphatic heterocycles. The molecule has 5 heteroatoms. The van der Waals surface area contributed by atoms with Crippen LogP contribution in [-0.2, 0) is 12.8 Å². The largest absolute Gasteiger partial charge is 0.300 e. The lowest BCUT2D eigenvalue weighted by atomic mass is 9.79. The first-order valence-electron chi connectivity index (χ1n) is 6.66. The van der Waals surface area contributed by atoms with Crippen LogP contribution in [0.1, 0.15) is 36.8 Å². The fourth-order valence-electron chi connectivity index (χ4n) is 3.42. The number of piperidine rings is 1. The molecule has 0 bridgehead atoms. The van der Waals surface area contributed by atoms with Crippen molar-refractivity contribution < 1.29 is 0 Å². The normalized spacial score (nSPS) is 27.2. The van der Waals surface area contributed by atoms with Crippen LogP contribution in [0.25, 0.3) is 0 Å². The van der Waals surface area contributed by atoms with Crippen molar-refractivity contribution in [3.05, 3.63) is 14.5 Å². The molecule has 1 aromatic heterocycles. The first kappa shape index (κ1) is 14.8. The predicted molar refractivity (Wildman–Crippen MR) is 82.8 cm³/mol. The van der Waals surface area contributed by atoms with Crippen LogP contribution in [0.3, 0.4) is 0 Å². The molecule has 2 nitrogen and oxygen atoms in total. The van der Waals surface area contributed by atoms with E-state index in [9.17, 15) is 0 Å². The minimum absolute atomic E-state index is 0. The third kappa shape index (κ3) is 2.77. The molecule has 0 aromatic carbocycles. The number of aromatic nitrogens is 1. The van der Waals surface area contributed by atoms with Gasteiger partial charge >= 0.3 is 0 Å². The Balaban J connectivity index is 0.00000120. The molecule has 0 unspecified atom stereocenters. The van der Waals surface area contributed by atoms with Crippen molar-refractivity contribution in [2.24, 2.45) is 5.92 Å². The molecule has 0 spiro atoms. The van der Waals surface area contributed by atoms with Crippen LogP contribution in [0.2, 0.25) is 0 Å². The molecule has 1 aromatic rings. The van der Waals surface area contributed by atoms with Crippen molar-refractivity contribution in [2.45, 2.75) is 45.1 Å². The van der Waals surface area contributed by atoms with Gasteiger partial charge in [0, 0.05) is 10.9 Å². The second-order valence-corrected chi connectivity index (χ2v) is 7.61. The summed E-state index contributed by atoms with van der Waals surface area (Å²) < 4.78 is 1.07. The minimum atomic E-state index is 0. The summed E-state index contributed by atoms with van der Waals surface area (Å²) in [6, 6.07) is 0.795. The van der Waals surface area contributed by atoms with E-state index in [1.54, 1.807) is 0 Å². The Bertz CT molecular complexity index is 408. The lowest BCUT2D eigenvalue weighted by molar-refractivity contribution is 0.0857. The molecule has 2 heterocycles. The van der Waals surface area contributed by atoms with Crippen LogP contribution < -0.4 is 0 Å². The molecular weight excluding hydrogens is 332 g/mol. The summed E-state index contributed by atoms with van der Waals surface area (Å²) in [6.45, 7) is 4.88. The van der Waals surface area contributed by atoms with Crippen LogP contribution >= 0.6 is 39.7 Å². The lowest BCUT2D eigenvalue weighted by Crippen LogP contribution is -2.49. The molecule has 0 N–H and O–H groups in total. The standard InChI is InChI=1S/C13H19BrN2S.ClH/c1-2-5-16-6-3-4-9-7-10-12(8-11(9)16)17-13(14)15-10;/h9,11H,2-8H2,1H3;1H/t9-,11-;/m1./s1. The van der Waals surface area contributed by atoms with Crippen LogP contribution in [0, 0.1) is 5.92 Å². The second kappa shape index (κ2) is 6.21. The number of likely N-dealkylation sites (tertiary alicyclic amines) is 1. The van der Waals surface area contributed by atoms with Crippen LogP contribution in [0.15, 0.2) is 3.92 Å². The van der Waals surface area contributed by atoms with Gasteiger partial charge in [-0.05, 0) is 67.0 Å². The van der Waals surface area contributed by atoms with Crippen molar-refractivity contribution in [1.82, 2.24) is 9.88 Å². The number of halogens is 2. The zero-order valence-corrected chi connectivity index (χ0v) is 13.9. The molecule has 18 heavy (non-hydrogen) atoms. The number of rotatable bonds is 2. The van der Waals surface area contributed by atoms with Gasteiger partial charge < -0.3 is 0 Å². The van der Waals surface area contributed by atoms with E-state index in [0.717, 1.165) is 15.9 Å². The zero-order chi connectivity index (χ0) is 11.8. The SMILES string of the molecule is CCCN1CCC[C@@H]2Cc3nc(Br)sc3C[C@H]21.Cl. The number of hydrogen-bond acceptors (Lipinski definition) is 3. The van der Waals surface area contributed by atoms with Gasteiger partial charge in [0.15, 0.2) is 3.92 Å². The van der Waals surface area contributed by atoms with Gasteiger partial charge in [-0.2, -0.15) is 0 Å². The molecule has 2 aliphatic rings. The topological polar surface area (TPSA) is 16.1 Å². The number of fused-ring (bicyclic) bond motifs is 2. The Labute approximate surface area is 128 Å². The van der Waals surface area contributed by atoms with Gasteiger partial charge in [0.1, 0.15) is 0 Å². The Hall–Kier alpha value is 0.360. The molecule has 1 aliphatic carbocycles. The molecule has 3 rings (SSSR count).